The van der Waals surface area contributed by atoms with Gasteiger partial charge in [-0.15, -0.1) is 0 Å². The second-order valence-corrected chi connectivity index (χ2v) is 9.30. The topological polar surface area (TPSA) is 103 Å². The minimum atomic E-state index is -1.04. The largest absolute Gasteiger partial charge is 0.453 e. The summed E-state index contributed by atoms with van der Waals surface area (Å²) >= 11 is 0. The minimum absolute atomic E-state index is 0.0386. The fraction of sp³-hybridized carbons (Fsp3) is 0.464. The van der Waals surface area contributed by atoms with Crippen LogP contribution in [0.5, 0.6) is 0 Å². The van der Waals surface area contributed by atoms with E-state index in [9.17, 15) is 14.7 Å². The number of carbonyl (C=O) groups excluding carboxylic acids is 2. The molecule has 1 atom stereocenters. The highest BCUT2D eigenvalue weighted by molar-refractivity contribution is 5.97. The molecule has 3 aromatic rings. The molecule has 9 nitrogen and oxygen atoms in total. The van der Waals surface area contributed by atoms with Crippen molar-refractivity contribution in [2.24, 2.45) is 0 Å². The number of rotatable bonds is 12. The van der Waals surface area contributed by atoms with Crippen LogP contribution in [0.15, 0.2) is 30.5 Å². The first-order valence-corrected chi connectivity index (χ1v) is 12.5. The Morgan fingerprint density at radius 2 is 1.84 bits per heavy atom. The molecule has 206 valence electrons. The summed E-state index contributed by atoms with van der Waals surface area (Å²) < 4.78 is 32.6. The third-order valence-electron chi connectivity index (χ3n) is 6.39. The van der Waals surface area contributed by atoms with Crippen molar-refractivity contribution in [3.8, 4) is 11.3 Å². The Bertz CT molecular complexity index is 1260. The molecule has 1 N–H and O–H groups in total. The first-order valence-electron chi connectivity index (χ1n) is 12.5. The van der Waals surface area contributed by atoms with Crippen LogP contribution in [0.4, 0.5) is 9.18 Å². The highest BCUT2D eigenvalue weighted by atomic mass is 19.1. The van der Waals surface area contributed by atoms with Gasteiger partial charge in [0.25, 0.3) is 0 Å². The summed E-state index contributed by atoms with van der Waals surface area (Å²) in [7, 11) is 4.15. The summed E-state index contributed by atoms with van der Waals surface area (Å²) in [5.41, 5.74) is 3.67. The van der Waals surface area contributed by atoms with Crippen molar-refractivity contribution in [2.75, 3.05) is 34.4 Å². The normalized spacial score (nSPS) is 12.2. The molecular formula is C28H36FN3O6. The molecule has 1 unspecified atom stereocenters. The van der Waals surface area contributed by atoms with E-state index in [1.54, 1.807) is 17.4 Å². The monoisotopic (exact) mass is 529 g/mol. The van der Waals surface area contributed by atoms with E-state index in [4.69, 9.17) is 19.2 Å². The van der Waals surface area contributed by atoms with Gasteiger partial charge in [0.15, 0.2) is 12.1 Å². The number of ether oxygens (including phenoxy) is 3. The molecule has 0 bridgehead atoms. The Morgan fingerprint density at radius 3 is 2.45 bits per heavy atom. The van der Waals surface area contributed by atoms with Crippen LogP contribution in [0.1, 0.15) is 46.9 Å². The average Bonchev–Trinajstić information content (AvgIpc) is 3.21. The van der Waals surface area contributed by atoms with Crippen LogP contribution < -0.4 is 0 Å². The first-order chi connectivity index (χ1) is 18.1. The highest BCUT2D eigenvalue weighted by Gasteiger charge is 2.26. The molecule has 10 heteroatoms. The van der Waals surface area contributed by atoms with Gasteiger partial charge < -0.3 is 28.6 Å². The van der Waals surface area contributed by atoms with Gasteiger partial charge in [0, 0.05) is 44.4 Å². The highest BCUT2D eigenvalue weighted by Crippen LogP contribution is 2.32. The Hall–Kier alpha value is -3.34. The second kappa shape index (κ2) is 12.9. The fourth-order valence-corrected chi connectivity index (χ4v) is 4.49. The van der Waals surface area contributed by atoms with Gasteiger partial charge in [-0.3, -0.25) is 4.79 Å². The molecule has 0 fully saturated rings. The molecule has 2 aromatic heterocycles. The number of hydrogen-bond donors (Lipinski definition) is 1. The zero-order valence-corrected chi connectivity index (χ0v) is 22.8. The lowest BCUT2D eigenvalue weighted by Gasteiger charge is -2.27. The van der Waals surface area contributed by atoms with Gasteiger partial charge in [-0.05, 0) is 55.7 Å². The van der Waals surface area contributed by atoms with Crippen LogP contribution >= 0.6 is 0 Å². The summed E-state index contributed by atoms with van der Waals surface area (Å²) in [6, 6.07) is 6.70. The molecule has 0 radical (unpaired) electrons. The van der Waals surface area contributed by atoms with Crippen LogP contribution in [-0.2, 0) is 20.6 Å². The number of imidazole rings is 1. The Morgan fingerprint density at radius 1 is 1.13 bits per heavy atom. The lowest BCUT2D eigenvalue weighted by atomic mass is 9.96. The summed E-state index contributed by atoms with van der Waals surface area (Å²) in [5, 5.41) is 11.1. The molecule has 2 heterocycles. The van der Waals surface area contributed by atoms with E-state index < -0.39 is 24.3 Å². The number of ketones is 1. The van der Waals surface area contributed by atoms with Crippen LogP contribution in [0.25, 0.3) is 16.9 Å². The van der Waals surface area contributed by atoms with Gasteiger partial charge in [-0.2, -0.15) is 0 Å². The quantitative estimate of drug-likeness (QED) is 0.275. The number of aromatic nitrogens is 2. The van der Waals surface area contributed by atoms with Crippen LogP contribution in [0, 0.1) is 19.7 Å². The van der Waals surface area contributed by atoms with E-state index in [0.717, 1.165) is 5.56 Å². The molecule has 0 aliphatic carbocycles. The van der Waals surface area contributed by atoms with Crippen LogP contribution in [0.3, 0.4) is 0 Å². The number of Topliss-reactive ketones (excluding diaryl/α,β-unsaturated/α-hetero) is 1. The summed E-state index contributed by atoms with van der Waals surface area (Å²) in [5.74, 6) is -0.671. The molecule has 1 aromatic carbocycles. The van der Waals surface area contributed by atoms with E-state index >= 15 is 4.39 Å². The predicted molar refractivity (Wildman–Crippen MR) is 141 cm³/mol. The number of fused-ring (bicyclic) bond motifs is 1. The van der Waals surface area contributed by atoms with Gasteiger partial charge >= 0.3 is 6.09 Å². The Kier molecular flexibility index (Phi) is 9.96. The van der Waals surface area contributed by atoms with Crippen LogP contribution in [0.2, 0.25) is 0 Å². The zero-order valence-electron chi connectivity index (χ0n) is 22.8. The zero-order chi connectivity index (χ0) is 28.0. The molecule has 0 saturated carbocycles. The van der Waals surface area contributed by atoms with E-state index in [0.29, 0.717) is 41.0 Å². The fourth-order valence-electron chi connectivity index (χ4n) is 4.49. The second-order valence-electron chi connectivity index (χ2n) is 9.30. The number of carbonyl (C=O) groups is 2. The third kappa shape index (κ3) is 6.56. The number of aryl methyl sites for hydroxylation is 2. The van der Waals surface area contributed by atoms with Gasteiger partial charge in [0.2, 0.25) is 0 Å². The summed E-state index contributed by atoms with van der Waals surface area (Å²) in [6.07, 6.45) is 0.497. The van der Waals surface area contributed by atoms with Crippen molar-refractivity contribution in [1.82, 2.24) is 14.3 Å². The molecule has 0 aliphatic rings. The summed E-state index contributed by atoms with van der Waals surface area (Å²) in [4.78, 5) is 30.8. The number of pyridine rings is 1. The van der Waals surface area contributed by atoms with Gasteiger partial charge in [-0.1, -0.05) is 6.92 Å². The lowest BCUT2D eigenvalue weighted by molar-refractivity contribution is -0.115. The van der Waals surface area contributed by atoms with E-state index in [-0.39, 0.29) is 30.9 Å². The van der Waals surface area contributed by atoms with Crippen molar-refractivity contribution < 1.29 is 33.3 Å². The number of benzene rings is 1. The smallest absolute Gasteiger partial charge is 0.409 e. The molecule has 0 saturated heterocycles. The number of methoxy groups -OCH3 is 3. The Labute approximate surface area is 222 Å². The maximum atomic E-state index is 15.5. The molecular weight excluding hydrogens is 493 g/mol. The molecule has 0 spiro atoms. The lowest BCUT2D eigenvalue weighted by Crippen LogP contribution is -2.43. The number of aliphatic hydroxyl groups is 1. The number of halogens is 1. The van der Waals surface area contributed by atoms with Crippen molar-refractivity contribution >= 4 is 17.5 Å². The molecule has 1 amide bonds. The third-order valence-corrected chi connectivity index (χ3v) is 6.39. The number of hydrogen-bond acceptors (Lipinski definition) is 7. The van der Waals surface area contributed by atoms with Gasteiger partial charge in [-0.25, -0.2) is 14.2 Å². The van der Waals surface area contributed by atoms with Crippen LogP contribution in [-0.4, -0.2) is 78.1 Å². The standard InChI is InChI=1S/C28H36FN3O6/c1-7-8-23(34)19-12-18(3)26(21(29)13-19)27-22(32-10-9-17(2)11-24(32)30-27)14-20(33)15-31(28(35)38-6)16-25(36-4)37-5/h9-13,20,25,33H,7-8,14-16H2,1-6H3. The maximum absolute atomic E-state index is 15.5. The van der Waals surface area contributed by atoms with Crippen molar-refractivity contribution in [2.45, 2.75) is 52.4 Å². The summed E-state index contributed by atoms with van der Waals surface area (Å²) in [6.45, 7) is 5.53. The maximum Gasteiger partial charge on any atom is 0.409 e. The minimum Gasteiger partial charge on any atom is -0.453 e. The number of aliphatic hydroxyl groups excluding tert-OH is 1. The average molecular weight is 530 g/mol. The van der Waals surface area contributed by atoms with Crippen molar-refractivity contribution in [3.05, 3.63) is 58.7 Å². The van der Waals surface area contributed by atoms with Crippen molar-refractivity contribution in [3.63, 3.8) is 0 Å². The SMILES string of the molecule is CCCC(=O)c1cc(C)c(-c2nc3cc(C)ccn3c2CC(O)CN(CC(OC)OC)C(=O)OC)c(F)c1. The van der Waals surface area contributed by atoms with E-state index in [1.807, 2.05) is 32.2 Å². The van der Waals surface area contributed by atoms with E-state index in [2.05, 4.69) is 0 Å². The van der Waals surface area contributed by atoms with Gasteiger partial charge in [0.05, 0.1) is 37.7 Å². The Balaban J connectivity index is 2.03. The van der Waals surface area contributed by atoms with Gasteiger partial charge in [0.1, 0.15) is 11.5 Å². The number of nitrogens with zero attached hydrogens (tertiary/aromatic N) is 3. The molecule has 38 heavy (non-hydrogen) atoms. The molecule has 3 rings (SSSR count). The van der Waals surface area contributed by atoms with E-state index in [1.165, 1.54) is 32.3 Å². The number of amides is 1. The van der Waals surface area contributed by atoms with Crippen molar-refractivity contribution in [1.29, 1.82) is 0 Å². The first kappa shape index (κ1) is 29.2. The predicted octanol–water partition coefficient (Wildman–Crippen LogP) is 4.33. The molecule has 0 aliphatic heterocycles.